The molecule has 1 aliphatic rings. The van der Waals surface area contributed by atoms with E-state index in [-0.39, 0.29) is 6.10 Å². The van der Waals surface area contributed by atoms with Crippen molar-refractivity contribution in [1.29, 1.82) is 0 Å². The van der Waals surface area contributed by atoms with Gasteiger partial charge >= 0.3 is 0 Å². The highest BCUT2D eigenvalue weighted by atomic mass is 32.1. The molecule has 1 unspecified atom stereocenters. The molecule has 5 rings (SSSR count). The zero-order valence-corrected chi connectivity index (χ0v) is 18.4. The van der Waals surface area contributed by atoms with Crippen LogP contribution in [0.5, 0.6) is 0 Å². The maximum atomic E-state index is 6.08. The van der Waals surface area contributed by atoms with Crippen LogP contribution >= 0.6 is 11.3 Å². The summed E-state index contributed by atoms with van der Waals surface area (Å²) in [6, 6.07) is 6.71. The lowest BCUT2D eigenvalue weighted by Gasteiger charge is -2.21. The smallest absolute Gasteiger partial charge is 0.124 e. The molecule has 0 N–H and O–H groups in total. The summed E-state index contributed by atoms with van der Waals surface area (Å²) in [7, 11) is 1.99. The number of thiophene rings is 1. The largest absolute Gasteiger partial charge is 0.374 e. The molecule has 0 saturated carbocycles. The first kappa shape index (κ1) is 18.8. The normalized spacial score (nSPS) is 15.2. The second-order valence-corrected chi connectivity index (χ2v) is 9.10. The lowest BCUT2D eigenvalue weighted by Crippen LogP contribution is -2.07. The molecular formula is C24H27N3OS. The van der Waals surface area contributed by atoms with Gasteiger partial charge in [0.25, 0.3) is 0 Å². The third-order valence-corrected chi connectivity index (χ3v) is 7.37. The third kappa shape index (κ3) is 2.99. The van der Waals surface area contributed by atoms with Crippen molar-refractivity contribution in [2.45, 2.75) is 52.6 Å². The summed E-state index contributed by atoms with van der Waals surface area (Å²) in [5.41, 5.74) is 7.55. The molecule has 29 heavy (non-hydrogen) atoms. The monoisotopic (exact) mass is 405 g/mol. The van der Waals surface area contributed by atoms with Crippen molar-refractivity contribution in [3.63, 3.8) is 0 Å². The van der Waals surface area contributed by atoms with Crippen LogP contribution in [0.3, 0.4) is 0 Å². The summed E-state index contributed by atoms with van der Waals surface area (Å²) in [6.07, 6.45) is 6.87. The number of ether oxygens (including phenoxy) is 1. The maximum absolute atomic E-state index is 6.08. The number of aryl methyl sites for hydroxylation is 4. The number of hydrogen-bond donors (Lipinski definition) is 0. The van der Waals surface area contributed by atoms with E-state index in [0.717, 1.165) is 17.6 Å². The fraction of sp³-hybridized carbons (Fsp3) is 0.417. The molecule has 3 heterocycles. The van der Waals surface area contributed by atoms with Crippen LogP contribution in [-0.4, -0.2) is 21.4 Å². The Morgan fingerprint density at radius 2 is 2.07 bits per heavy atom. The molecule has 1 aliphatic carbocycles. The van der Waals surface area contributed by atoms with Crippen molar-refractivity contribution in [2.24, 2.45) is 7.05 Å². The SMILES string of the molecule is CCOC(C)c1c(C)nc2sc3c(c2c1-c1ccc2c(cnn2C)c1)CCCC3. The summed E-state index contributed by atoms with van der Waals surface area (Å²) in [4.78, 5) is 7.77. The highest BCUT2D eigenvalue weighted by molar-refractivity contribution is 7.19. The van der Waals surface area contributed by atoms with E-state index in [1.165, 1.54) is 62.0 Å². The van der Waals surface area contributed by atoms with Gasteiger partial charge < -0.3 is 4.74 Å². The van der Waals surface area contributed by atoms with Gasteiger partial charge in [-0.25, -0.2) is 4.98 Å². The molecule has 0 aliphatic heterocycles. The van der Waals surface area contributed by atoms with Crippen LogP contribution in [0.25, 0.3) is 32.2 Å². The first-order valence-electron chi connectivity index (χ1n) is 10.6. The average Bonchev–Trinajstić information content (AvgIpc) is 3.26. The minimum absolute atomic E-state index is 0.00985. The van der Waals surface area contributed by atoms with E-state index in [1.807, 2.05) is 29.3 Å². The standard InChI is InChI=1S/C24H27N3OS/c1-5-28-15(3)21-14(2)26-24-23(18-8-6-7-9-20(18)29-24)22(21)16-10-11-19-17(12-16)13-25-27(19)4/h10-13,15H,5-9H2,1-4H3. The number of hydrogen-bond acceptors (Lipinski definition) is 4. The first-order chi connectivity index (χ1) is 14.1. The Bertz CT molecular complexity index is 1220. The Labute approximate surface area is 175 Å². The number of nitrogens with zero attached hydrogens (tertiary/aromatic N) is 3. The van der Waals surface area contributed by atoms with Gasteiger partial charge in [0.15, 0.2) is 0 Å². The van der Waals surface area contributed by atoms with E-state index in [4.69, 9.17) is 9.72 Å². The van der Waals surface area contributed by atoms with Gasteiger partial charge in [0.1, 0.15) is 4.83 Å². The number of aromatic nitrogens is 3. The quantitative estimate of drug-likeness (QED) is 0.410. The van der Waals surface area contributed by atoms with Crippen molar-refractivity contribution in [3.8, 4) is 11.1 Å². The van der Waals surface area contributed by atoms with Crippen LogP contribution in [0.4, 0.5) is 0 Å². The number of benzene rings is 1. The van der Waals surface area contributed by atoms with Gasteiger partial charge in [0.05, 0.1) is 17.8 Å². The van der Waals surface area contributed by atoms with Crippen molar-refractivity contribution < 1.29 is 4.74 Å². The Balaban J connectivity index is 1.86. The van der Waals surface area contributed by atoms with Crippen molar-refractivity contribution in [2.75, 3.05) is 6.61 Å². The van der Waals surface area contributed by atoms with Crippen LogP contribution in [0.2, 0.25) is 0 Å². The van der Waals surface area contributed by atoms with Crippen LogP contribution in [0, 0.1) is 6.92 Å². The summed E-state index contributed by atoms with van der Waals surface area (Å²) >= 11 is 1.90. The molecule has 0 fully saturated rings. The van der Waals surface area contributed by atoms with Gasteiger partial charge in [-0.2, -0.15) is 5.10 Å². The summed E-state index contributed by atoms with van der Waals surface area (Å²) in [6.45, 7) is 7.05. The molecule has 0 spiro atoms. The topological polar surface area (TPSA) is 39.9 Å². The summed E-state index contributed by atoms with van der Waals surface area (Å²) in [5.74, 6) is 0. The predicted molar refractivity (Wildman–Crippen MR) is 121 cm³/mol. The fourth-order valence-corrected chi connectivity index (χ4v) is 6.18. The van der Waals surface area contributed by atoms with E-state index in [9.17, 15) is 0 Å². The first-order valence-corrected chi connectivity index (χ1v) is 11.4. The van der Waals surface area contributed by atoms with Crippen LogP contribution in [0.15, 0.2) is 24.4 Å². The minimum Gasteiger partial charge on any atom is -0.374 e. The Morgan fingerprint density at radius 1 is 1.24 bits per heavy atom. The molecule has 0 saturated heterocycles. The fourth-order valence-electron chi connectivity index (χ4n) is 4.87. The zero-order valence-electron chi connectivity index (χ0n) is 17.6. The molecule has 4 nitrogen and oxygen atoms in total. The molecule has 0 amide bonds. The van der Waals surface area contributed by atoms with Crippen LogP contribution in [0.1, 0.15) is 54.5 Å². The third-order valence-electron chi connectivity index (χ3n) is 6.19. The molecule has 3 aromatic heterocycles. The van der Waals surface area contributed by atoms with E-state index in [2.05, 4.69) is 44.1 Å². The Morgan fingerprint density at radius 3 is 2.90 bits per heavy atom. The second-order valence-electron chi connectivity index (χ2n) is 8.02. The van der Waals surface area contributed by atoms with Gasteiger partial charge in [-0.3, -0.25) is 4.68 Å². The highest BCUT2D eigenvalue weighted by Crippen LogP contribution is 2.45. The number of rotatable bonds is 4. The molecular weight excluding hydrogens is 378 g/mol. The van der Waals surface area contributed by atoms with Gasteiger partial charge in [-0.1, -0.05) is 6.07 Å². The van der Waals surface area contributed by atoms with Crippen molar-refractivity contribution in [1.82, 2.24) is 14.8 Å². The average molecular weight is 406 g/mol. The lowest BCUT2D eigenvalue weighted by molar-refractivity contribution is 0.0762. The zero-order chi connectivity index (χ0) is 20.1. The Hall–Kier alpha value is -2.24. The van der Waals surface area contributed by atoms with Gasteiger partial charge in [-0.15, -0.1) is 11.3 Å². The number of pyridine rings is 1. The molecule has 1 aromatic carbocycles. The predicted octanol–water partition coefficient (Wildman–Crippen LogP) is 6.13. The number of fused-ring (bicyclic) bond motifs is 4. The maximum Gasteiger partial charge on any atom is 0.124 e. The molecule has 0 radical (unpaired) electrons. The van der Waals surface area contributed by atoms with E-state index < -0.39 is 0 Å². The summed E-state index contributed by atoms with van der Waals surface area (Å²) < 4.78 is 8.01. The van der Waals surface area contributed by atoms with Gasteiger partial charge in [0.2, 0.25) is 0 Å². The van der Waals surface area contributed by atoms with E-state index in [0.29, 0.717) is 6.61 Å². The van der Waals surface area contributed by atoms with E-state index >= 15 is 0 Å². The molecule has 4 aromatic rings. The van der Waals surface area contributed by atoms with Gasteiger partial charge in [0, 0.05) is 40.6 Å². The second kappa shape index (κ2) is 7.22. The molecule has 0 bridgehead atoms. The van der Waals surface area contributed by atoms with E-state index in [1.54, 1.807) is 0 Å². The van der Waals surface area contributed by atoms with Gasteiger partial charge in [-0.05, 0) is 75.3 Å². The highest BCUT2D eigenvalue weighted by Gasteiger charge is 2.26. The molecule has 150 valence electrons. The molecule has 1 atom stereocenters. The summed E-state index contributed by atoms with van der Waals surface area (Å²) in [5, 5.41) is 6.97. The van der Waals surface area contributed by atoms with Crippen LogP contribution in [-0.2, 0) is 24.6 Å². The Kier molecular flexibility index (Phi) is 4.67. The van der Waals surface area contributed by atoms with Crippen LogP contribution < -0.4 is 0 Å². The van der Waals surface area contributed by atoms with Crippen molar-refractivity contribution in [3.05, 3.63) is 46.1 Å². The lowest BCUT2D eigenvalue weighted by atomic mass is 9.88. The molecule has 5 heteroatoms. The van der Waals surface area contributed by atoms with Crippen molar-refractivity contribution >= 4 is 32.5 Å². The minimum atomic E-state index is 0.00985.